The maximum Gasteiger partial charge on any atom is 0.0725 e. The van der Waals surface area contributed by atoms with E-state index in [1.165, 1.54) is 0 Å². The summed E-state index contributed by atoms with van der Waals surface area (Å²) in [6.07, 6.45) is 1.86. The van der Waals surface area contributed by atoms with Crippen LogP contribution in [-0.2, 0) is 0 Å². The lowest BCUT2D eigenvalue weighted by atomic mass is 10.00. The number of nitrogens with one attached hydrogen (secondary N) is 1. The number of aromatic nitrogens is 1. The molecule has 0 radical (unpaired) electrons. The molecule has 0 fully saturated rings. The molecule has 0 saturated carbocycles. The molecule has 0 bridgehead atoms. The highest BCUT2D eigenvalue weighted by molar-refractivity contribution is 5.49. The van der Waals surface area contributed by atoms with Gasteiger partial charge < -0.3 is 4.90 Å². The molecule has 2 rings (SSSR count). The predicted octanol–water partition coefficient (Wildman–Crippen LogP) is 2.01. The van der Waals surface area contributed by atoms with Crippen molar-refractivity contribution in [1.82, 2.24) is 10.4 Å². The summed E-state index contributed by atoms with van der Waals surface area (Å²) in [6, 6.07) is 12.3. The summed E-state index contributed by atoms with van der Waals surface area (Å²) in [4.78, 5) is 6.40. The molecule has 1 heterocycles. The van der Waals surface area contributed by atoms with Crippen LogP contribution in [0.3, 0.4) is 0 Å². The maximum absolute atomic E-state index is 5.71. The normalized spacial score (nSPS) is 12.2. The molecule has 0 saturated heterocycles. The summed E-state index contributed by atoms with van der Waals surface area (Å²) < 4.78 is 0. The van der Waals surface area contributed by atoms with E-state index < -0.39 is 0 Å². The van der Waals surface area contributed by atoms with E-state index in [1.54, 1.807) is 0 Å². The van der Waals surface area contributed by atoms with Crippen molar-refractivity contribution in [3.05, 3.63) is 59.4 Å². The average molecular weight is 256 g/mol. The molecule has 100 valence electrons. The Kier molecular flexibility index (Phi) is 4.14. The standard InChI is InChI=1S/C15H20N4/c1-11-7-8-13(10-17-11)15(18-16)12-5-4-6-14(9-12)19(2)3/h4-10,15,18H,16H2,1-3H3. The van der Waals surface area contributed by atoms with Crippen molar-refractivity contribution in [2.45, 2.75) is 13.0 Å². The van der Waals surface area contributed by atoms with E-state index in [-0.39, 0.29) is 6.04 Å². The zero-order valence-electron chi connectivity index (χ0n) is 11.6. The van der Waals surface area contributed by atoms with Crippen LogP contribution in [0.25, 0.3) is 0 Å². The number of pyridine rings is 1. The first-order valence-corrected chi connectivity index (χ1v) is 6.28. The first kappa shape index (κ1) is 13.5. The molecule has 0 amide bonds. The summed E-state index contributed by atoms with van der Waals surface area (Å²) >= 11 is 0. The smallest absolute Gasteiger partial charge is 0.0725 e. The van der Waals surface area contributed by atoms with Gasteiger partial charge in [0.25, 0.3) is 0 Å². The fourth-order valence-corrected chi connectivity index (χ4v) is 2.02. The lowest BCUT2D eigenvalue weighted by Crippen LogP contribution is -2.29. The van der Waals surface area contributed by atoms with Gasteiger partial charge in [-0.05, 0) is 36.2 Å². The Morgan fingerprint density at radius 2 is 1.95 bits per heavy atom. The van der Waals surface area contributed by atoms with E-state index in [9.17, 15) is 0 Å². The van der Waals surface area contributed by atoms with Gasteiger partial charge in [-0.3, -0.25) is 10.8 Å². The quantitative estimate of drug-likeness (QED) is 0.649. The minimum Gasteiger partial charge on any atom is -0.378 e. The van der Waals surface area contributed by atoms with Gasteiger partial charge in [0.1, 0.15) is 0 Å². The Morgan fingerprint density at radius 3 is 2.53 bits per heavy atom. The molecule has 1 unspecified atom stereocenters. The molecule has 0 aliphatic heterocycles. The molecule has 4 heteroatoms. The van der Waals surface area contributed by atoms with Gasteiger partial charge in [0.15, 0.2) is 0 Å². The third kappa shape index (κ3) is 3.10. The Balaban J connectivity index is 2.36. The maximum atomic E-state index is 5.71. The van der Waals surface area contributed by atoms with E-state index in [4.69, 9.17) is 5.84 Å². The van der Waals surface area contributed by atoms with Crippen molar-refractivity contribution in [2.75, 3.05) is 19.0 Å². The average Bonchev–Trinajstić information content (AvgIpc) is 2.42. The van der Waals surface area contributed by atoms with Gasteiger partial charge in [0.05, 0.1) is 6.04 Å². The van der Waals surface area contributed by atoms with Crippen molar-refractivity contribution < 1.29 is 0 Å². The van der Waals surface area contributed by atoms with E-state index in [1.807, 2.05) is 39.3 Å². The number of aryl methyl sites for hydroxylation is 1. The lowest BCUT2D eigenvalue weighted by molar-refractivity contribution is 0.634. The molecule has 0 aliphatic rings. The van der Waals surface area contributed by atoms with Crippen LogP contribution in [0.5, 0.6) is 0 Å². The Labute approximate surface area is 114 Å². The van der Waals surface area contributed by atoms with E-state index in [0.717, 1.165) is 22.5 Å². The molecule has 1 atom stereocenters. The number of nitrogens with zero attached hydrogens (tertiary/aromatic N) is 2. The zero-order chi connectivity index (χ0) is 13.8. The zero-order valence-corrected chi connectivity index (χ0v) is 11.6. The minimum atomic E-state index is -0.0481. The topological polar surface area (TPSA) is 54.2 Å². The first-order valence-electron chi connectivity index (χ1n) is 6.28. The van der Waals surface area contributed by atoms with Crippen molar-refractivity contribution >= 4 is 5.69 Å². The van der Waals surface area contributed by atoms with Gasteiger partial charge in [-0.2, -0.15) is 0 Å². The highest BCUT2D eigenvalue weighted by atomic mass is 15.2. The van der Waals surface area contributed by atoms with Gasteiger partial charge >= 0.3 is 0 Å². The van der Waals surface area contributed by atoms with E-state index in [0.29, 0.717) is 0 Å². The predicted molar refractivity (Wildman–Crippen MR) is 78.9 cm³/mol. The van der Waals surface area contributed by atoms with Crippen LogP contribution >= 0.6 is 0 Å². The Morgan fingerprint density at radius 1 is 1.16 bits per heavy atom. The van der Waals surface area contributed by atoms with Crippen LogP contribution in [0.4, 0.5) is 5.69 Å². The SMILES string of the molecule is Cc1ccc(C(NN)c2cccc(N(C)C)c2)cn1. The third-order valence-electron chi connectivity index (χ3n) is 3.15. The number of rotatable bonds is 4. The highest BCUT2D eigenvalue weighted by Crippen LogP contribution is 2.24. The Bertz CT molecular complexity index is 534. The van der Waals surface area contributed by atoms with Gasteiger partial charge in [0.2, 0.25) is 0 Å². The van der Waals surface area contributed by atoms with Gasteiger partial charge in [-0.25, -0.2) is 5.43 Å². The number of anilines is 1. The fraction of sp³-hybridized carbons (Fsp3) is 0.267. The second-order valence-corrected chi connectivity index (χ2v) is 4.82. The number of hydrogen-bond acceptors (Lipinski definition) is 4. The number of hydrazine groups is 1. The monoisotopic (exact) mass is 256 g/mol. The van der Waals surface area contributed by atoms with E-state index >= 15 is 0 Å². The first-order chi connectivity index (χ1) is 9.11. The second-order valence-electron chi connectivity index (χ2n) is 4.82. The summed E-state index contributed by atoms with van der Waals surface area (Å²) in [5, 5.41) is 0. The van der Waals surface area contributed by atoms with Crippen molar-refractivity contribution in [3.63, 3.8) is 0 Å². The van der Waals surface area contributed by atoms with Crippen molar-refractivity contribution in [1.29, 1.82) is 0 Å². The molecule has 19 heavy (non-hydrogen) atoms. The van der Waals surface area contributed by atoms with Crippen LogP contribution in [0.2, 0.25) is 0 Å². The fourth-order valence-electron chi connectivity index (χ4n) is 2.02. The molecule has 0 aliphatic carbocycles. The van der Waals surface area contributed by atoms with Crippen LogP contribution < -0.4 is 16.2 Å². The van der Waals surface area contributed by atoms with Crippen LogP contribution in [0, 0.1) is 6.92 Å². The molecule has 0 spiro atoms. The Hall–Kier alpha value is -1.91. The van der Waals surface area contributed by atoms with Crippen LogP contribution in [0.15, 0.2) is 42.6 Å². The largest absolute Gasteiger partial charge is 0.378 e. The summed E-state index contributed by atoms with van der Waals surface area (Å²) in [6.45, 7) is 1.97. The summed E-state index contributed by atoms with van der Waals surface area (Å²) in [5.41, 5.74) is 7.20. The number of nitrogens with two attached hydrogens (primary N) is 1. The van der Waals surface area contributed by atoms with Crippen molar-refractivity contribution in [2.24, 2.45) is 5.84 Å². The second kappa shape index (κ2) is 5.82. The molecular weight excluding hydrogens is 236 g/mol. The van der Waals surface area contributed by atoms with Crippen molar-refractivity contribution in [3.8, 4) is 0 Å². The molecule has 4 nitrogen and oxygen atoms in total. The lowest BCUT2D eigenvalue weighted by Gasteiger charge is -2.19. The number of hydrogen-bond donors (Lipinski definition) is 2. The van der Waals surface area contributed by atoms with E-state index in [2.05, 4.69) is 39.6 Å². The van der Waals surface area contributed by atoms with Gasteiger partial charge in [-0.1, -0.05) is 18.2 Å². The molecule has 1 aromatic heterocycles. The van der Waals surface area contributed by atoms with Crippen LogP contribution in [0.1, 0.15) is 22.9 Å². The summed E-state index contributed by atoms with van der Waals surface area (Å²) in [5.74, 6) is 5.71. The molecule has 1 aromatic carbocycles. The molecule has 3 N–H and O–H groups in total. The van der Waals surface area contributed by atoms with Gasteiger partial charge in [0, 0.05) is 31.7 Å². The molecular formula is C15H20N4. The minimum absolute atomic E-state index is 0.0481. The molecule has 2 aromatic rings. The summed E-state index contributed by atoms with van der Waals surface area (Å²) in [7, 11) is 4.05. The third-order valence-corrected chi connectivity index (χ3v) is 3.15. The highest BCUT2D eigenvalue weighted by Gasteiger charge is 2.13. The van der Waals surface area contributed by atoms with Gasteiger partial charge in [-0.15, -0.1) is 0 Å². The van der Waals surface area contributed by atoms with Crippen LogP contribution in [-0.4, -0.2) is 19.1 Å². The number of benzene rings is 1.